The van der Waals surface area contributed by atoms with E-state index in [1.165, 1.54) is 6.07 Å². The van der Waals surface area contributed by atoms with Crippen molar-refractivity contribution >= 4 is 27.6 Å². The standard InChI is InChI=1S/C24H34N4O5S/c1-23(2,3)28-21(13-19(26-28)15-7-9-18(29)12-15)25-17-8-10-20-16(11-17)14-27(34(20,31)32)22(30)33-24(4,5)6/h8,10-11,13,15,18,25,29H,7,9,12,14H2,1-6H3. The van der Waals surface area contributed by atoms with Gasteiger partial charge in [0.05, 0.1) is 28.8 Å². The van der Waals surface area contributed by atoms with E-state index in [1.54, 1.807) is 32.9 Å². The average molecular weight is 491 g/mol. The van der Waals surface area contributed by atoms with E-state index in [0.717, 1.165) is 28.7 Å². The number of amides is 1. The van der Waals surface area contributed by atoms with Gasteiger partial charge in [0, 0.05) is 17.7 Å². The quantitative estimate of drug-likeness (QED) is 0.653. The fourth-order valence-corrected chi connectivity index (χ4v) is 5.91. The van der Waals surface area contributed by atoms with Gasteiger partial charge in [0.1, 0.15) is 11.4 Å². The Hall–Kier alpha value is -2.59. The van der Waals surface area contributed by atoms with E-state index in [1.807, 2.05) is 10.7 Å². The molecule has 1 aromatic carbocycles. The molecule has 9 nitrogen and oxygen atoms in total. The number of fused-ring (bicyclic) bond motifs is 1. The number of carbonyl (C=O) groups excluding carboxylic acids is 1. The van der Waals surface area contributed by atoms with Crippen LogP contribution < -0.4 is 5.32 Å². The number of ether oxygens (including phenoxy) is 1. The summed E-state index contributed by atoms with van der Waals surface area (Å²) in [6.07, 6.45) is 1.22. The van der Waals surface area contributed by atoms with Gasteiger partial charge in [-0.15, -0.1) is 0 Å². The molecule has 0 saturated heterocycles. The van der Waals surface area contributed by atoms with Crippen LogP contribution in [0.5, 0.6) is 0 Å². The van der Waals surface area contributed by atoms with Crippen LogP contribution in [0.2, 0.25) is 0 Å². The molecule has 186 valence electrons. The Kier molecular flexibility index (Phi) is 5.96. The number of anilines is 2. The summed E-state index contributed by atoms with van der Waals surface area (Å²) in [7, 11) is -3.96. The summed E-state index contributed by atoms with van der Waals surface area (Å²) in [5.41, 5.74) is 1.08. The Morgan fingerprint density at radius 3 is 2.44 bits per heavy atom. The Labute approximate surface area is 201 Å². The minimum Gasteiger partial charge on any atom is -0.443 e. The molecule has 2 unspecified atom stereocenters. The first-order valence-electron chi connectivity index (χ1n) is 11.6. The van der Waals surface area contributed by atoms with Crippen LogP contribution in [0.4, 0.5) is 16.3 Å². The summed E-state index contributed by atoms with van der Waals surface area (Å²) in [6.45, 7) is 11.2. The zero-order valence-electron chi connectivity index (χ0n) is 20.6. The molecule has 1 aromatic heterocycles. The van der Waals surface area contributed by atoms with Gasteiger partial charge in [-0.3, -0.25) is 0 Å². The molecule has 34 heavy (non-hydrogen) atoms. The predicted octanol–water partition coefficient (Wildman–Crippen LogP) is 4.45. The highest BCUT2D eigenvalue weighted by Gasteiger charge is 2.40. The van der Waals surface area contributed by atoms with Gasteiger partial charge in [0.2, 0.25) is 0 Å². The Balaban J connectivity index is 1.61. The largest absolute Gasteiger partial charge is 0.443 e. The van der Waals surface area contributed by atoms with Crippen molar-refractivity contribution in [2.24, 2.45) is 0 Å². The molecule has 2 N–H and O–H groups in total. The number of rotatable bonds is 3. The van der Waals surface area contributed by atoms with Gasteiger partial charge in [-0.1, -0.05) is 0 Å². The third-order valence-corrected chi connectivity index (χ3v) is 7.81. The minimum atomic E-state index is -3.96. The van der Waals surface area contributed by atoms with Gasteiger partial charge >= 0.3 is 6.09 Å². The maximum Gasteiger partial charge on any atom is 0.424 e. The molecule has 2 aliphatic rings. The summed E-state index contributed by atoms with van der Waals surface area (Å²) in [4.78, 5) is 12.6. The zero-order valence-corrected chi connectivity index (χ0v) is 21.4. The van der Waals surface area contributed by atoms with E-state index in [4.69, 9.17) is 9.84 Å². The first kappa shape index (κ1) is 24.5. The van der Waals surface area contributed by atoms with Crippen molar-refractivity contribution in [3.63, 3.8) is 0 Å². The average Bonchev–Trinajstić information content (AvgIpc) is 3.36. The summed E-state index contributed by atoms with van der Waals surface area (Å²) < 4.78 is 33.8. The number of hydrogen-bond donors (Lipinski definition) is 2. The van der Waals surface area contributed by atoms with E-state index in [0.29, 0.717) is 17.7 Å². The molecule has 1 fully saturated rings. The van der Waals surface area contributed by atoms with E-state index >= 15 is 0 Å². The normalized spacial score (nSPS) is 22.0. The van der Waals surface area contributed by atoms with Crippen LogP contribution in [0.1, 0.15) is 78.0 Å². The van der Waals surface area contributed by atoms with Crippen molar-refractivity contribution in [1.29, 1.82) is 0 Å². The van der Waals surface area contributed by atoms with E-state index in [-0.39, 0.29) is 29.0 Å². The highest BCUT2D eigenvalue weighted by molar-refractivity contribution is 7.90. The summed E-state index contributed by atoms with van der Waals surface area (Å²) in [5, 5.41) is 18.2. The van der Waals surface area contributed by atoms with E-state index in [9.17, 15) is 18.3 Å². The molecular weight excluding hydrogens is 456 g/mol. The first-order valence-corrected chi connectivity index (χ1v) is 13.0. The fraction of sp³-hybridized carbons (Fsp3) is 0.583. The number of benzene rings is 1. The predicted molar refractivity (Wildman–Crippen MR) is 129 cm³/mol. The van der Waals surface area contributed by atoms with Crippen LogP contribution >= 0.6 is 0 Å². The van der Waals surface area contributed by atoms with Crippen LogP contribution in [-0.4, -0.2) is 45.4 Å². The molecule has 1 saturated carbocycles. The van der Waals surface area contributed by atoms with Gasteiger partial charge < -0.3 is 15.2 Å². The second-order valence-corrected chi connectivity index (χ2v) is 13.0. The van der Waals surface area contributed by atoms with Crippen molar-refractivity contribution in [2.45, 2.75) is 95.4 Å². The smallest absolute Gasteiger partial charge is 0.424 e. The Morgan fingerprint density at radius 2 is 1.85 bits per heavy atom. The van der Waals surface area contributed by atoms with Gasteiger partial charge in [0.15, 0.2) is 0 Å². The number of hydrogen-bond acceptors (Lipinski definition) is 7. The molecule has 2 heterocycles. The van der Waals surface area contributed by atoms with Gasteiger partial charge in [-0.25, -0.2) is 17.9 Å². The summed E-state index contributed by atoms with van der Waals surface area (Å²) >= 11 is 0. The van der Waals surface area contributed by atoms with Crippen molar-refractivity contribution in [3.8, 4) is 0 Å². The Morgan fingerprint density at radius 1 is 1.15 bits per heavy atom. The molecule has 1 aliphatic heterocycles. The number of nitrogens with zero attached hydrogens (tertiary/aromatic N) is 3. The molecule has 2 aromatic rings. The lowest BCUT2D eigenvalue weighted by Gasteiger charge is -2.23. The zero-order chi connectivity index (χ0) is 25.1. The number of aliphatic hydroxyl groups excluding tert-OH is 1. The highest BCUT2D eigenvalue weighted by Crippen LogP contribution is 2.38. The molecule has 2 atom stereocenters. The van der Waals surface area contributed by atoms with Gasteiger partial charge in [0.25, 0.3) is 10.0 Å². The monoisotopic (exact) mass is 490 g/mol. The summed E-state index contributed by atoms with van der Waals surface area (Å²) in [6, 6.07) is 6.96. The molecule has 1 amide bonds. The third kappa shape index (κ3) is 4.79. The SMILES string of the molecule is CC(C)(C)OC(=O)N1Cc2cc(Nc3cc(C4CCC(O)C4)nn3C(C)(C)C)ccc2S1(=O)=O. The lowest BCUT2D eigenvalue weighted by molar-refractivity contribution is 0.0388. The maximum absolute atomic E-state index is 12.9. The molecule has 4 rings (SSSR count). The number of aromatic nitrogens is 2. The second-order valence-electron chi connectivity index (χ2n) is 11.1. The molecular formula is C24H34N4O5S. The molecule has 10 heteroatoms. The Bertz CT molecular complexity index is 1210. The maximum atomic E-state index is 12.9. The number of nitrogens with one attached hydrogen (secondary N) is 1. The van der Waals surface area contributed by atoms with Crippen molar-refractivity contribution in [1.82, 2.24) is 14.1 Å². The van der Waals surface area contributed by atoms with Crippen molar-refractivity contribution in [3.05, 3.63) is 35.5 Å². The van der Waals surface area contributed by atoms with Crippen LogP contribution in [0.3, 0.4) is 0 Å². The van der Waals surface area contributed by atoms with Crippen molar-refractivity contribution in [2.75, 3.05) is 5.32 Å². The number of carbonyl (C=O) groups is 1. The van der Waals surface area contributed by atoms with Crippen LogP contribution in [0.15, 0.2) is 29.2 Å². The van der Waals surface area contributed by atoms with Crippen LogP contribution in [-0.2, 0) is 26.8 Å². The van der Waals surface area contributed by atoms with Crippen LogP contribution in [0, 0.1) is 0 Å². The molecule has 1 aliphatic carbocycles. The molecule has 0 spiro atoms. The van der Waals surface area contributed by atoms with Crippen molar-refractivity contribution < 1.29 is 23.1 Å². The van der Waals surface area contributed by atoms with Gasteiger partial charge in [-0.05, 0) is 84.6 Å². The summed E-state index contributed by atoms with van der Waals surface area (Å²) in [5.74, 6) is 1.00. The van der Waals surface area contributed by atoms with E-state index in [2.05, 4.69) is 26.1 Å². The fourth-order valence-electron chi connectivity index (χ4n) is 4.44. The first-order chi connectivity index (χ1) is 15.6. The lowest BCUT2D eigenvalue weighted by atomic mass is 10.0. The number of aliphatic hydroxyl groups is 1. The highest BCUT2D eigenvalue weighted by atomic mass is 32.2. The van der Waals surface area contributed by atoms with Crippen LogP contribution in [0.25, 0.3) is 0 Å². The lowest BCUT2D eigenvalue weighted by Crippen LogP contribution is -2.36. The molecule has 0 radical (unpaired) electrons. The van der Waals surface area contributed by atoms with E-state index < -0.39 is 21.7 Å². The minimum absolute atomic E-state index is 0.0775. The third-order valence-electron chi connectivity index (χ3n) is 6.00. The topological polar surface area (TPSA) is 114 Å². The second kappa shape index (κ2) is 8.27. The number of sulfonamides is 1. The molecule has 0 bridgehead atoms. The van der Waals surface area contributed by atoms with Gasteiger partial charge in [-0.2, -0.15) is 9.40 Å².